The summed E-state index contributed by atoms with van der Waals surface area (Å²) in [5.41, 5.74) is 0. The number of amides is 1. The van der Waals surface area contributed by atoms with Crippen LogP contribution in [0.3, 0.4) is 0 Å². The number of hydrogen-bond acceptors (Lipinski definition) is 3. The van der Waals surface area contributed by atoms with E-state index in [2.05, 4.69) is 5.32 Å². The van der Waals surface area contributed by atoms with Crippen LogP contribution in [-0.4, -0.2) is 55.4 Å². The minimum Gasteiger partial charge on any atom is -0.366 e. The smallest absolute Gasteiger partial charge is 0.366 e. The van der Waals surface area contributed by atoms with E-state index in [1.165, 1.54) is 0 Å². The molecule has 0 radical (unpaired) electrons. The fourth-order valence-corrected chi connectivity index (χ4v) is 1.87. The lowest BCUT2D eigenvalue weighted by Gasteiger charge is -2.32. The van der Waals surface area contributed by atoms with Gasteiger partial charge in [-0.3, -0.25) is 9.69 Å². The molecule has 7 heteroatoms. The predicted molar refractivity (Wildman–Crippen MR) is 58.0 cm³/mol. The van der Waals surface area contributed by atoms with Crippen molar-refractivity contribution in [2.75, 3.05) is 26.2 Å². The number of nitrogens with one attached hydrogen (secondary N) is 1. The Kier molecular flexibility index (Phi) is 4.11. The number of ether oxygens (including phenoxy) is 1. The quantitative estimate of drug-likeness (QED) is 0.822. The Balaban J connectivity index is 1.74. The van der Waals surface area contributed by atoms with Crippen LogP contribution in [0.15, 0.2) is 0 Å². The molecule has 1 saturated carbocycles. The third-order valence-corrected chi connectivity index (χ3v) is 3.08. The summed E-state index contributed by atoms with van der Waals surface area (Å²) in [4.78, 5) is 13.3. The number of morpholine rings is 1. The van der Waals surface area contributed by atoms with Gasteiger partial charge < -0.3 is 10.1 Å². The normalized spacial score (nSPS) is 26.1. The van der Waals surface area contributed by atoms with Crippen LogP contribution in [0.2, 0.25) is 0 Å². The summed E-state index contributed by atoms with van der Waals surface area (Å²) in [6, 6.07) is 0.242. The molecular weight excluding hydrogens is 249 g/mol. The molecule has 0 aromatic heterocycles. The van der Waals surface area contributed by atoms with Gasteiger partial charge in [0.05, 0.1) is 13.0 Å². The number of carbonyl (C=O) groups is 1. The van der Waals surface area contributed by atoms with E-state index in [1.54, 1.807) is 4.90 Å². The lowest BCUT2D eigenvalue weighted by atomic mass is 10.2. The van der Waals surface area contributed by atoms with Gasteiger partial charge in [-0.05, 0) is 12.8 Å². The molecule has 0 spiro atoms. The first-order chi connectivity index (χ1) is 8.44. The first-order valence-electron chi connectivity index (χ1n) is 6.15. The number of carbonyl (C=O) groups excluding carboxylic acids is 1. The molecule has 1 atom stereocenters. The summed E-state index contributed by atoms with van der Waals surface area (Å²) in [7, 11) is 0. The molecule has 2 fully saturated rings. The molecule has 2 aliphatic rings. The van der Waals surface area contributed by atoms with E-state index in [0.717, 1.165) is 12.8 Å². The molecule has 1 amide bonds. The van der Waals surface area contributed by atoms with Gasteiger partial charge in [0.1, 0.15) is 6.10 Å². The van der Waals surface area contributed by atoms with Crippen LogP contribution in [0.5, 0.6) is 0 Å². The fraction of sp³-hybridized carbons (Fsp3) is 0.909. The summed E-state index contributed by atoms with van der Waals surface area (Å²) in [6.07, 6.45) is -3.66. The van der Waals surface area contributed by atoms with Crippen molar-refractivity contribution < 1.29 is 22.7 Å². The van der Waals surface area contributed by atoms with E-state index in [-0.39, 0.29) is 25.0 Å². The highest BCUT2D eigenvalue weighted by molar-refractivity contribution is 5.81. The third kappa shape index (κ3) is 4.45. The van der Waals surface area contributed by atoms with Gasteiger partial charge >= 0.3 is 6.18 Å². The third-order valence-electron chi connectivity index (χ3n) is 3.08. The summed E-state index contributed by atoms with van der Waals surface area (Å²) < 4.78 is 41.6. The minimum absolute atomic E-state index is 0.0694. The highest BCUT2D eigenvalue weighted by atomic mass is 19.4. The second-order valence-corrected chi connectivity index (χ2v) is 4.81. The Labute approximate surface area is 103 Å². The maximum atomic E-state index is 12.1. The van der Waals surface area contributed by atoms with Crippen molar-refractivity contribution in [2.24, 2.45) is 0 Å². The average molecular weight is 266 g/mol. The number of halogens is 3. The topological polar surface area (TPSA) is 41.6 Å². The molecule has 2 rings (SSSR count). The summed E-state index contributed by atoms with van der Waals surface area (Å²) in [5.74, 6) is -0.200. The van der Waals surface area contributed by atoms with Gasteiger partial charge in [-0.1, -0.05) is 0 Å². The van der Waals surface area contributed by atoms with Crippen LogP contribution < -0.4 is 5.32 Å². The minimum atomic E-state index is -4.15. The standard InChI is InChI=1S/C11H17F3N2O2/c12-11(13,14)3-4-16-5-6-18-9(7-16)10(17)15-8-1-2-8/h8-9H,1-7H2,(H,15,17). The van der Waals surface area contributed by atoms with Crippen molar-refractivity contribution in [3.63, 3.8) is 0 Å². The van der Waals surface area contributed by atoms with E-state index in [9.17, 15) is 18.0 Å². The second-order valence-electron chi connectivity index (χ2n) is 4.81. The van der Waals surface area contributed by atoms with Crippen molar-refractivity contribution in [2.45, 2.75) is 37.6 Å². The van der Waals surface area contributed by atoms with E-state index in [1.807, 2.05) is 0 Å². The van der Waals surface area contributed by atoms with Crippen LogP contribution >= 0.6 is 0 Å². The summed E-state index contributed by atoms with van der Waals surface area (Å²) >= 11 is 0. The molecule has 0 aromatic rings. The lowest BCUT2D eigenvalue weighted by molar-refractivity contribution is -0.147. The van der Waals surface area contributed by atoms with E-state index >= 15 is 0 Å². The largest absolute Gasteiger partial charge is 0.390 e. The molecule has 1 aliphatic heterocycles. The number of nitrogens with zero attached hydrogens (tertiary/aromatic N) is 1. The SMILES string of the molecule is O=C(NC1CC1)C1CN(CCC(F)(F)F)CCO1. The van der Waals surface area contributed by atoms with Crippen molar-refractivity contribution in [1.29, 1.82) is 0 Å². The van der Waals surface area contributed by atoms with Crippen molar-refractivity contribution in [3.8, 4) is 0 Å². The second kappa shape index (κ2) is 5.44. The zero-order chi connectivity index (χ0) is 13.2. The molecule has 1 N–H and O–H groups in total. The van der Waals surface area contributed by atoms with Gasteiger partial charge in [0, 0.05) is 25.7 Å². The van der Waals surface area contributed by atoms with Crippen molar-refractivity contribution in [3.05, 3.63) is 0 Å². The van der Waals surface area contributed by atoms with Gasteiger partial charge in [-0.15, -0.1) is 0 Å². The monoisotopic (exact) mass is 266 g/mol. The van der Waals surface area contributed by atoms with Crippen LogP contribution in [0.4, 0.5) is 13.2 Å². The van der Waals surface area contributed by atoms with Crippen LogP contribution in [0, 0.1) is 0 Å². The highest BCUT2D eigenvalue weighted by Crippen LogP contribution is 2.21. The molecule has 0 bridgehead atoms. The molecule has 1 heterocycles. The molecular formula is C11H17F3N2O2. The Bertz CT molecular complexity index is 305. The number of rotatable bonds is 4. The fourth-order valence-electron chi connectivity index (χ4n) is 1.87. The van der Waals surface area contributed by atoms with Crippen LogP contribution in [0.25, 0.3) is 0 Å². The predicted octanol–water partition coefficient (Wildman–Crippen LogP) is 0.918. The summed E-state index contributed by atoms with van der Waals surface area (Å²) in [6.45, 7) is 0.929. The molecule has 1 aliphatic carbocycles. The van der Waals surface area contributed by atoms with Gasteiger partial charge in [-0.25, -0.2) is 0 Å². The Morgan fingerprint density at radius 3 is 2.72 bits per heavy atom. The van der Waals surface area contributed by atoms with E-state index in [0.29, 0.717) is 13.2 Å². The zero-order valence-corrected chi connectivity index (χ0v) is 10.0. The molecule has 1 saturated heterocycles. The molecule has 4 nitrogen and oxygen atoms in total. The highest BCUT2D eigenvalue weighted by Gasteiger charge is 2.33. The lowest BCUT2D eigenvalue weighted by Crippen LogP contribution is -2.50. The van der Waals surface area contributed by atoms with Crippen LogP contribution in [0.1, 0.15) is 19.3 Å². The van der Waals surface area contributed by atoms with Gasteiger partial charge in [0.15, 0.2) is 0 Å². The van der Waals surface area contributed by atoms with Gasteiger partial charge in [-0.2, -0.15) is 13.2 Å². The van der Waals surface area contributed by atoms with E-state index < -0.39 is 18.7 Å². The molecule has 0 aromatic carbocycles. The Morgan fingerprint density at radius 2 is 2.11 bits per heavy atom. The number of hydrogen-bond donors (Lipinski definition) is 1. The van der Waals surface area contributed by atoms with Gasteiger partial charge in [0.2, 0.25) is 0 Å². The first-order valence-corrected chi connectivity index (χ1v) is 6.15. The first kappa shape index (κ1) is 13.6. The Morgan fingerprint density at radius 1 is 1.39 bits per heavy atom. The van der Waals surface area contributed by atoms with E-state index in [4.69, 9.17) is 4.74 Å². The zero-order valence-electron chi connectivity index (χ0n) is 10.0. The average Bonchev–Trinajstić information content (AvgIpc) is 3.10. The maximum absolute atomic E-state index is 12.1. The van der Waals surface area contributed by atoms with Crippen molar-refractivity contribution >= 4 is 5.91 Å². The number of alkyl halides is 3. The van der Waals surface area contributed by atoms with Crippen LogP contribution in [-0.2, 0) is 9.53 Å². The molecule has 104 valence electrons. The Hall–Kier alpha value is -0.820. The van der Waals surface area contributed by atoms with Crippen molar-refractivity contribution in [1.82, 2.24) is 10.2 Å². The maximum Gasteiger partial charge on any atom is 0.390 e. The molecule has 1 unspecified atom stereocenters. The van der Waals surface area contributed by atoms with Gasteiger partial charge in [0.25, 0.3) is 5.91 Å². The summed E-state index contributed by atoms with van der Waals surface area (Å²) in [5, 5.41) is 2.80. The molecule has 18 heavy (non-hydrogen) atoms.